The second-order valence-corrected chi connectivity index (χ2v) is 6.18. The van der Waals surface area contributed by atoms with Crippen molar-refractivity contribution in [2.24, 2.45) is 5.41 Å². The molecule has 0 heterocycles. The molecule has 0 saturated carbocycles. The lowest BCUT2D eigenvalue weighted by Gasteiger charge is -2.31. The highest BCUT2D eigenvalue weighted by Crippen LogP contribution is 2.23. The van der Waals surface area contributed by atoms with E-state index in [2.05, 4.69) is 50.0 Å². The lowest BCUT2D eigenvalue weighted by Crippen LogP contribution is -2.44. The van der Waals surface area contributed by atoms with Gasteiger partial charge in [-0.2, -0.15) is 0 Å². The van der Waals surface area contributed by atoms with Crippen LogP contribution in [0.1, 0.15) is 27.7 Å². The molecule has 0 bridgehead atoms. The molecule has 0 saturated heterocycles. The molecule has 1 aromatic carbocycles. The maximum Gasteiger partial charge on any atom is 0.121 e. The third-order valence-electron chi connectivity index (χ3n) is 3.25. The third kappa shape index (κ3) is 5.11. The molecule has 1 aromatic rings. The second kappa shape index (κ2) is 6.80. The van der Waals surface area contributed by atoms with E-state index in [1.807, 2.05) is 26.2 Å². The van der Waals surface area contributed by atoms with Crippen LogP contribution in [0.3, 0.4) is 0 Å². The highest BCUT2D eigenvalue weighted by Gasteiger charge is 2.24. The third-order valence-corrected chi connectivity index (χ3v) is 3.25. The largest absolute Gasteiger partial charge is 0.492 e. The van der Waals surface area contributed by atoms with Gasteiger partial charge in [0.25, 0.3) is 0 Å². The summed E-state index contributed by atoms with van der Waals surface area (Å²) in [6, 6.07) is 8.55. The van der Waals surface area contributed by atoms with E-state index in [9.17, 15) is 0 Å². The van der Waals surface area contributed by atoms with E-state index in [0.29, 0.717) is 12.6 Å². The number of likely N-dealkylation sites (N-methyl/N-ethyl adjacent to an activating group) is 1. The number of hydrogen-bond donors (Lipinski definition) is 1. The van der Waals surface area contributed by atoms with Gasteiger partial charge in [-0.1, -0.05) is 33.8 Å². The van der Waals surface area contributed by atoms with Crippen LogP contribution in [0.5, 0.6) is 5.75 Å². The first-order valence-electron chi connectivity index (χ1n) is 6.98. The molecule has 0 aromatic heterocycles. The van der Waals surface area contributed by atoms with Gasteiger partial charge in [-0.3, -0.25) is 0 Å². The molecule has 108 valence electrons. The zero-order chi connectivity index (χ0) is 14.5. The predicted octanol–water partition coefficient (Wildman–Crippen LogP) is 3.16. The van der Waals surface area contributed by atoms with Gasteiger partial charge < -0.3 is 15.0 Å². The first-order chi connectivity index (χ1) is 8.84. The number of anilines is 1. The Morgan fingerprint density at radius 1 is 1.26 bits per heavy atom. The van der Waals surface area contributed by atoms with Gasteiger partial charge >= 0.3 is 0 Å². The Morgan fingerprint density at radius 2 is 1.95 bits per heavy atom. The van der Waals surface area contributed by atoms with E-state index >= 15 is 0 Å². The summed E-state index contributed by atoms with van der Waals surface area (Å²) in [5.41, 5.74) is 1.35. The van der Waals surface area contributed by atoms with Gasteiger partial charge in [0.15, 0.2) is 0 Å². The minimum atomic E-state index is 0.190. The van der Waals surface area contributed by atoms with E-state index < -0.39 is 0 Å². The number of ether oxygens (including phenoxy) is 1. The van der Waals surface area contributed by atoms with Gasteiger partial charge in [0, 0.05) is 31.9 Å². The number of benzene rings is 1. The molecule has 0 spiro atoms. The van der Waals surface area contributed by atoms with Gasteiger partial charge in [-0.15, -0.1) is 0 Å². The molecule has 0 amide bonds. The molecule has 3 nitrogen and oxygen atoms in total. The van der Waals surface area contributed by atoms with Crippen molar-refractivity contribution >= 4 is 5.69 Å². The van der Waals surface area contributed by atoms with E-state index in [1.165, 1.54) is 0 Å². The Bertz CT molecular complexity index is 383. The van der Waals surface area contributed by atoms with Gasteiger partial charge in [0.1, 0.15) is 12.4 Å². The predicted molar refractivity (Wildman–Crippen MR) is 83.2 cm³/mol. The lowest BCUT2D eigenvalue weighted by molar-refractivity contribution is 0.176. The van der Waals surface area contributed by atoms with E-state index in [4.69, 9.17) is 4.74 Å². The molecule has 0 radical (unpaired) electrons. The van der Waals surface area contributed by atoms with E-state index in [1.54, 1.807) is 0 Å². The topological polar surface area (TPSA) is 24.5 Å². The molecule has 0 aliphatic heterocycles. The Balaban J connectivity index is 2.66. The van der Waals surface area contributed by atoms with Crippen molar-refractivity contribution in [2.75, 3.05) is 32.1 Å². The Labute approximate surface area is 118 Å². The first kappa shape index (κ1) is 15.8. The summed E-state index contributed by atoms with van der Waals surface area (Å²) in [5, 5.41) is 3.49. The summed E-state index contributed by atoms with van der Waals surface area (Å²) in [5.74, 6) is 0.929. The number of nitrogens with zero attached hydrogens (tertiary/aromatic N) is 1. The molecule has 0 fully saturated rings. The fourth-order valence-electron chi connectivity index (χ4n) is 1.89. The van der Waals surface area contributed by atoms with Crippen LogP contribution in [0.15, 0.2) is 24.3 Å². The zero-order valence-corrected chi connectivity index (χ0v) is 13.2. The highest BCUT2D eigenvalue weighted by atomic mass is 16.5. The van der Waals surface area contributed by atoms with Crippen LogP contribution in [-0.4, -0.2) is 33.3 Å². The van der Waals surface area contributed by atoms with Gasteiger partial charge in [0.2, 0.25) is 0 Å². The standard InChI is InChI=1S/C16H28N2O/c1-7-17-15(16(2,3)4)12-19-14-10-8-9-13(11-14)18(5)6/h8-11,15,17H,7,12H2,1-6H3. The van der Waals surface area contributed by atoms with Crippen LogP contribution < -0.4 is 15.0 Å². The molecular weight excluding hydrogens is 236 g/mol. The van der Waals surface area contributed by atoms with Gasteiger partial charge in [-0.05, 0) is 24.1 Å². The molecule has 3 heteroatoms. The van der Waals surface area contributed by atoms with Crippen molar-refractivity contribution in [2.45, 2.75) is 33.7 Å². The van der Waals surface area contributed by atoms with Crippen molar-refractivity contribution in [3.05, 3.63) is 24.3 Å². The highest BCUT2D eigenvalue weighted by molar-refractivity contribution is 5.49. The minimum Gasteiger partial charge on any atom is -0.492 e. The van der Waals surface area contributed by atoms with Crippen molar-refractivity contribution in [1.29, 1.82) is 0 Å². The Morgan fingerprint density at radius 3 is 2.47 bits per heavy atom. The van der Waals surface area contributed by atoms with Crippen molar-refractivity contribution in [3.8, 4) is 5.75 Å². The quantitative estimate of drug-likeness (QED) is 0.854. The lowest BCUT2D eigenvalue weighted by atomic mass is 9.87. The fraction of sp³-hybridized carbons (Fsp3) is 0.625. The van der Waals surface area contributed by atoms with Crippen molar-refractivity contribution < 1.29 is 4.74 Å². The van der Waals surface area contributed by atoms with Crippen LogP contribution in [0.25, 0.3) is 0 Å². The fourth-order valence-corrected chi connectivity index (χ4v) is 1.89. The van der Waals surface area contributed by atoms with Crippen molar-refractivity contribution in [3.63, 3.8) is 0 Å². The molecule has 1 rings (SSSR count). The molecule has 19 heavy (non-hydrogen) atoms. The summed E-state index contributed by atoms with van der Waals surface area (Å²) in [4.78, 5) is 2.08. The summed E-state index contributed by atoms with van der Waals surface area (Å²) in [6.07, 6.45) is 0. The number of hydrogen-bond acceptors (Lipinski definition) is 3. The zero-order valence-electron chi connectivity index (χ0n) is 13.2. The van der Waals surface area contributed by atoms with Crippen molar-refractivity contribution in [1.82, 2.24) is 5.32 Å². The maximum atomic E-state index is 5.95. The molecule has 0 aliphatic rings. The summed E-state index contributed by atoms with van der Waals surface area (Å²) in [6.45, 7) is 10.5. The average molecular weight is 264 g/mol. The van der Waals surface area contributed by atoms with Gasteiger partial charge in [0.05, 0.1) is 0 Å². The Hall–Kier alpha value is -1.22. The SMILES string of the molecule is CCNC(COc1cccc(N(C)C)c1)C(C)(C)C. The maximum absolute atomic E-state index is 5.95. The molecule has 1 unspecified atom stereocenters. The van der Waals surface area contributed by atoms with Crippen LogP contribution in [0, 0.1) is 5.41 Å². The average Bonchev–Trinajstić information content (AvgIpc) is 2.33. The van der Waals surface area contributed by atoms with E-state index in [-0.39, 0.29) is 5.41 Å². The summed E-state index contributed by atoms with van der Waals surface area (Å²) < 4.78 is 5.95. The van der Waals surface area contributed by atoms with E-state index in [0.717, 1.165) is 18.0 Å². The smallest absolute Gasteiger partial charge is 0.121 e. The first-order valence-corrected chi connectivity index (χ1v) is 6.98. The normalized spacial score (nSPS) is 13.2. The monoisotopic (exact) mass is 264 g/mol. The second-order valence-electron chi connectivity index (χ2n) is 6.18. The molecular formula is C16H28N2O. The molecule has 1 atom stereocenters. The number of nitrogens with one attached hydrogen (secondary N) is 1. The summed E-state index contributed by atoms with van der Waals surface area (Å²) >= 11 is 0. The number of rotatable bonds is 6. The van der Waals surface area contributed by atoms with Crippen LogP contribution in [0.4, 0.5) is 5.69 Å². The Kier molecular flexibility index (Phi) is 5.67. The molecule has 1 N–H and O–H groups in total. The van der Waals surface area contributed by atoms with Crippen LogP contribution >= 0.6 is 0 Å². The summed E-state index contributed by atoms with van der Waals surface area (Å²) in [7, 11) is 4.07. The van der Waals surface area contributed by atoms with Crippen LogP contribution in [0.2, 0.25) is 0 Å². The minimum absolute atomic E-state index is 0.190. The van der Waals surface area contributed by atoms with Crippen LogP contribution in [-0.2, 0) is 0 Å². The molecule has 0 aliphatic carbocycles. The van der Waals surface area contributed by atoms with Gasteiger partial charge in [-0.25, -0.2) is 0 Å².